The average Bonchev–Trinajstić information content (AvgIpc) is 2.49. The van der Waals surface area contributed by atoms with E-state index in [0.29, 0.717) is 25.4 Å². The van der Waals surface area contributed by atoms with Gasteiger partial charge in [-0.15, -0.1) is 0 Å². The first kappa shape index (κ1) is 15.1. The predicted molar refractivity (Wildman–Crippen MR) is 80.2 cm³/mol. The standard InChI is InChI=1S/C15H25N3O2/c16-7-5-11-18-10-4-6-14(15(18)19)20-13-12-17-8-2-1-3-9-17/h4,6,10H,1-3,5,7-9,11-13,16H2. The maximum atomic E-state index is 12.1. The molecular weight excluding hydrogens is 254 g/mol. The van der Waals surface area contributed by atoms with Gasteiger partial charge in [0.05, 0.1) is 0 Å². The lowest BCUT2D eigenvalue weighted by Crippen LogP contribution is -2.34. The molecule has 1 fully saturated rings. The molecule has 0 bridgehead atoms. The van der Waals surface area contributed by atoms with Crippen molar-refractivity contribution < 1.29 is 4.74 Å². The molecule has 0 radical (unpaired) electrons. The molecular formula is C15H25N3O2. The number of ether oxygens (including phenoxy) is 1. The van der Waals surface area contributed by atoms with Gasteiger partial charge in [0.25, 0.3) is 5.56 Å². The van der Waals surface area contributed by atoms with Crippen LogP contribution in [0.2, 0.25) is 0 Å². The van der Waals surface area contributed by atoms with Crippen molar-refractivity contribution in [1.29, 1.82) is 0 Å². The average molecular weight is 279 g/mol. The van der Waals surface area contributed by atoms with Gasteiger partial charge in [-0.1, -0.05) is 6.42 Å². The number of piperidine rings is 1. The van der Waals surface area contributed by atoms with Crippen LogP contribution < -0.4 is 16.0 Å². The topological polar surface area (TPSA) is 60.5 Å². The zero-order valence-corrected chi connectivity index (χ0v) is 12.1. The Kier molecular flexibility index (Phi) is 6.08. The lowest BCUT2D eigenvalue weighted by Gasteiger charge is -2.26. The lowest BCUT2D eigenvalue weighted by atomic mass is 10.1. The van der Waals surface area contributed by atoms with Crippen LogP contribution in [0.4, 0.5) is 0 Å². The van der Waals surface area contributed by atoms with Gasteiger partial charge in [-0.2, -0.15) is 0 Å². The largest absolute Gasteiger partial charge is 0.487 e. The van der Waals surface area contributed by atoms with E-state index in [4.69, 9.17) is 10.5 Å². The van der Waals surface area contributed by atoms with E-state index in [1.807, 2.05) is 6.07 Å². The number of aryl methyl sites for hydroxylation is 1. The number of nitrogens with two attached hydrogens (primary N) is 1. The SMILES string of the molecule is NCCCn1cccc(OCCN2CCCCC2)c1=O. The third-order valence-electron chi connectivity index (χ3n) is 3.70. The highest BCUT2D eigenvalue weighted by molar-refractivity contribution is 5.17. The van der Waals surface area contributed by atoms with E-state index in [0.717, 1.165) is 26.1 Å². The highest BCUT2D eigenvalue weighted by atomic mass is 16.5. The lowest BCUT2D eigenvalue weighted by molar-refractivity contribution is 0.182. The fourth-order valence-corrected chi connectivity index (χ4v) is 2.53. The summed E-state index contributed by atoms with van der Waals surface area (Å²) >= 11 is 0. The molecule has 1 aliphatic heterocycles. The van der Waals surface area contributed by atoms with Gasteiger partial charge in [-0.05, 0) is 51.0 Å². The molecule has 1 saturated heterocycles. The molecule has 1 aromatic rings. The van der Waals surface area contributed by atoms with Gasteiger partial charge in [0, 0.05) is 19.3 Å². The van der Waals surface area contributed by atoms with E-state index in [1.54, 1.807) is 16.8 Å². The first-order valence-corrected chi connectivity index (χ1v) is 7.56. The van der Waals surface area contributed by atoms with Crippen LogP contribution in [-0.4, -0.2) is 42.3 Å². The van der Waals surface area contributed by atoms with E-state index in [-0.39, 0.29) is 5.56 Å². The monoisotopic (exact) mass is 279 g/mol. The summed E-state index contributed by atoms with van der Waals surface area (Å²) in [6.07, 6.45) is 6.48. The highest BCUT2D eigenvalue weighted by Crippen LogP contribution is 2.08. The second-order valence-electron chi connectivity index (χ2n) is 5.26. The van der Waals surface area contributed by atoms with Crippen LogP contribution >= 0.6 is 0 Å². The zero-order valence-electron chi connectivity index (χ0n) is 12.1. The summed E-state index contributed by atoms with van der Waals surface area (Å²) in [5, 5.41) is 0. The summed E-state index contributed by atoms with van der Waals surface area (Å²) in [5.41, 5.74) is 5.42. The number of hydrogen-bond acceptors (Lipinski definition) is 4. The van der Waals surface area contributed by atoms with E-state index < -0.39 is 0 Å². The minimum absolute atomic E-state index is 0.0559. The number of hydrogen-bond donors (Lipinski definition) is 1. The number of pyridine rings is 1. The van der Waals surface area contributed by atoms with E-state index in [9.17, 15) is 4.79 Å². The van der Waals surface area contributed by atoms with Crippen LogP contribution in [0.15, 0.2) is 23.1 Å². The molecule has 2 rings (SSSR count). The third kappa shape index (κ3) is 4.35. The van der Waals surface area contributed by atoms with Gasteiger partial charge in [0.1, 0.15) is 6.61 Å². The molecule has 2 N–H and O–H groups in total. The maximum absolute atomic E-state index is 12.1. The molecule has 5 nitrogen and oxygen atoms in total. The molecule has 0 aliphatic carbocycles. The second kappa shape index (κ2) is 8.07. The van der Waals surface area contributed by atoms with Crippen molar-refractivity contribution in [1.82, 2.24) is 9.47 Å². The predicted octanol–water partition coefficient (Wildman–Crippen LogP) is 1.06. The minimum atomic E-state index is -0.0559. The van der Waals surface area contributed by atoms with Gasteiger partial charge in [0.2, 0.25) is 0 Å². The molecule has 112 valence electrons. The van der Waals surface area contributed by atoms with Crippen molar-refractivity contribution in [2.24, 2.45) is 5.73 Å². The Morgan fingerprint density at radius 1 is 1.20 bits per heavy atom. The van der Waals surface area contributed by atoms with Crippen molar-refractivity contribution in [2.45, 2.75) is 32.2 Å². The van der Waals surface area contributed by atoms with Crippen molar-refractivity contribution in [3.8, 4) is 5.75 Å². The van der Waals surface area contributed by atoms with Gasteiger partial charge in [-0.3, -0.25) is 9.69 Å². The fourth-order valence-electron chi connectivity index (χ4n) is 2.53. The van der Waals surface area contributed by atoms with Crippen LogP contribution in [0.1, 0.15) is 25.7 Å². The van der Waals surface area contributed by atoms with Gasteiger partial charge in [0.15, 0.2) is 5.75 Å². The molecule has 0 spiro atoms. The molecule has 2 heterocycles. The van der Waals surface area contributed by atoms with Gasteiger partial charge in [-0.25, -0.2) is 0 Å². The zero-order chi connectivity index (χ0) is 14.2. The smallest absolute Gasteiger partial charge is 0.292 e. The summed E-state index contributed by atoms with van der Waals surface area (Å²) in [7, 11) is 0. The summed E-state index contributed by atoms with van der Waals surface area (Å²) in [6, 6.07) is 3.60. The molecule has 0 saturated carbocycles. The van der Waals surface area contributed by atoms with Crippen LogP contribution in [0, 0.1) is 0 Å². The molecule has 1 aromatic heterocycles. The minimum Gasteiger partial charge on any atom is -0.487 e. The molecule has 0 aromatic carbocycles. The van der Waals surface area contributed by atoms with Crippen LogP contribution in [-0.2, 0) is 6.54 Å². The first-order valence-electron chi connectivity index (χ1n) is 7.56. The maximum Gasteiger partial charge on any atom is 0.292 e. The number of rotatable bonds is 7. The van der Waals surface area contributed by atoms with Crippen molar-refractivity contribution in [3.05, 3.63) is 28.7 Å². The summed E-state index contributed by atoms with van der Waals surface area (Å²) in [5.74, 6) is 0.446. The Hall–Kier alpha value is -1.33. The van der Waals surface area contributed by atoms with Crippen LogP contribution in [0.3, 0.4) is 0 Å². The van der Waals surface area contributed by atoms with Crippen molar-refractivity contribution in [3.63, 3.8) is 0 Å². The first-order chi connectivity index (χ1) is 9.81. The van der Waals surface area contributed by atoms with Crippen LogP contribution in [0.25, 0.3) is 0 Å². The number of likely N-dealkylation sites (tertiary alicyclic amines) is 1. The Bertz CT molecular complexity index is 453. The Morgan fingerprint density at radius 2 is 2.00 bits per heavy atom. The second-order valence-corrected chi connectivity index (χ2v) is 5.26. The Morgan fingerprint density at radius 3 is 2.75 bits per heavy atom. The normalized spacial score (nSPS) is 16.2. The Labute approximate surface area is 120 Å². The van der Waals surface area contributed by atoms with Crippen LogP contribution in [0.5, 0.6) is 5.75 Å². The molecule has 1 aliphatic rings. The highest BCUT2D eigenvalue weighted by Gasteiger charge is 2.10. The Balaban J connectivity index is 1.84. The summed E-state index contributed by atoms with van der Waals surface area (Å²) in [4.78, 5) is 14.5. The van der Waals surface area contributed by atoms with E-state index >= 15 is 0 Å². The quantitative estimate of drug-likeness (QED) is 0.811. The van der Waals surface area contributed by atoms with Gasteiger partial charge < -0.3 is 15.0 Å². The molecule has 0 amide bonds. The molecule has 0 unspecified atom stereocenters. The van der Waals surface area contributed by atoms with Crippen molar-refractivity contribution in [2.75, 3.05) is 32.8 Å². The number of aromatic nitrogens is 1. The van der Waals surface area contributed by atoms with E-state index in [1.165, 1.54) is 19.3 Å². The van der Waals surface area contributed by atoms with Crippen molar-refractivity contribution >= 4 is 0 Å². The summed E-state index contributed by atoms with van der Waals surface area (Å²) < 4.78 is 7.32. The molecule has 20 heavy (non-hydrogen) atoms. The van der Waals surface area contributed by atoms with Gasteiger partial charge >= 0.3 is 0 Å². The third-order valence-corrected chi connectivity index (χ3v) is 3.70. The molecule has 0 atom stereocenters. The number of nitrogens with zero attached hydrogens (tertiary/aromatic N) is 2. The summed E-state index contributed by atoms with van der Waals surface area (Å²) in [6.45, 7) is 5.02. The van der Waals surface area contributed by atoms with E-state index in [2.05, 4.69) is 4.90 Å². The molecule has 5 heteroatoms. The fraction of sp³-hybridized carbons (Fsp3) is 0.667.